The molecule has 1 aliphatic rings. The second-order valence-electron chi connectivity index (χ2n) is 4.62. The van der Waals surface area contributed by atoms with E-state index in [-0.39, 0.29) is 28.8 Å². The topological polar surface area (TPSA) is 76.3 Å². The van der Waals surface area contributed by atoms with Gasteiger partial charge >= 0.3 is 0 Å². The van der Waals surface area contributed by atoms with Crippen molar-refractivity contribution in [1.29, 1.82) is 0 Å². The summed E-state index contributed by atoms with van der Waals surface area (Å²) >= 11 is 1.40. The Morgan fingerprint density at radius 2 is 1.76 bits per heavy atom. The molecule has 1 aromatic carbocycles. The second-order valence-corrected chi connectivity index (χ2v) is 5.73. The highest BCUT2D eigenvalue weighted by Crippen LogP contribution is 2.25. The number of halogens is 1. The number of nitrogen functional groups attached to an aromatic ring is 1. The molecule has 2 heterocycles. The van der Waals surface area contributed by atoms with Gasteiger partial charge in [0.15, 0.2) is 5.13 Å². The van der Waals surface area contributed by atoms with Crippen LogP contribution in [0.4, 0.5) is 5.13 Å². The Bertz CT molecular complexity index is 679. The zero-order chi connectivity index (χ0) is 14.3. The normalized spacial score (nSPS) is 13.3. The zero-order valence-electron chi connectivity index (χ0n) is 11.3. The minimum Gasteiger partial charge on any atom is -0.375 e. The molecular weight excluding hydrogens is 354 g/mol. The predicted octanol–water partition coefficient (Wildman–Crippen LogP) is 2.45. The first-order chi connectivity index (χ1) is 9.58. The van der Waals surface area contributed by atoms with Crippen LogP contribution in [0.25, 0.3) is 0 Å². The van der Waals surface area contributed by atoms with Crippen molar-refractivity contribution < 1.29 is 9.59 Å². The molecule has 2 aromatic rings. The summed E-state index contributed by atoms with van der Waals surface area (Å²) in [6.45, 7) is 2.24. The molecular formula is C14H14BrN3O2S. The van der Waals surface area contributed by atoms with E-state index in [9.17, 15) is 9.59 Å². The molecule has 0 fully saturated rings. The number of thiazole rings is 1. The molecule has 0 radical (unpaired) electrons. The highest BCUT2D eigenvalue weighted by atomic mass is 79.9. The number of carbonyl (C=O) groups excluding carboxylic acids is 2. The van der Waals surface area contributed by atoms with E-state index in [0.29, 0.717) is 29.2 Å². The number of anilines is 1. The fraction of sp³-hybridized carbons (Fsp3) is 0.214. The van der Waals surface area contributed by atoms with Crippen molar-refractivity contribution in [1.82, 2.24) is 9.88 Å². The molecule has 0 atom stereocenters. The zero-order valence-corrected chi connectivity index (χ0v) is 13.9. The molecule has 21 heavy (non-hydrogen) atoms. The molecule has 0 aliphatic carbocycles. The number of rotatable bonds is 3. The third-order valence-corrected chi connectivity index (χ3v) is 4.40. The highest BCUT2D eigenvalue weighted by molar-refractivity contribution is 8.93. The van der Waals surface area contributed by atoms with Crippen molar-refractivity contribution in [3.63, 3.8) is 0 Å². The highest BCUT2D eigenvalue weighted by Gasteiger charge is 2.34. The molecule has 0 unspecified atom stereocenters. The van der Waals surface area contributed by atoms with Gasteiger partial charge < -0.3 is 5.73 Å². The number of nitrogens with two attached hydrogens (primary N) is 1. The summed E-state index contributed by atoms with van der Waals surface area (Å²) in [6, 6.07) is 6.90. The first-order valence-corrected chi connectivity index (χ1v) is 7.06. The van der Waals surface area contributed by atoms with E-state index in [2.05, 4.69) is 4.98 Å². The Labute approximate surface area is 136 Å². The van der Waals surface area contributed by atoms with Crippen LogP contribution >= 0.6 is 28.3 Å². The molecule has 0 spiro atoms. The smallest absolute Gasteiger partial charge is 0.261 e. The number of aromatic nitrogens is 1. The number of nitrogens with zero attached hydrogens (tertiary/aromatic N) is 2. The van der Waals surface area contributed by atoms with Gasteiger partial charge in [-0.05, 0) is 19.1 Å². The lowest BCUT2D eigenvalue weighted by Gasteiger charge is -2.12. The van der Waals surface area contributed by atoms with E-state index >= 15 is 0 Å². The SMILES string of the molecule is Br.Cc1nc(N)sc1CCN1C(=O)c2ccccc2C1=O. The molecule has 110 valence electrons. The van der Waals surface area contributed by atoms with Gasteiger partial charge in [0.1, 0.15) is 0 Å². The summed E-state index contributed by atoms with van der Waals surface area (Å²) in [5.41, 5.74) is 7.48. The van der Waals surface area contributed by atoms with Crippen LogP contribution in [0.15, 0.2) is 24.3 Å². The van der Waals surface area contributed by atoms with Crippen LogP contribution in [0, 0.1) is 6.92 Å². The lowest BCUT2D eigenvalue weighted by molar-refractivity contribution is 0.0656. The number of aryl methyl sites for hydroxylation is 1. The quantitative estimate of drug-likeness (QED) is 0.845. The minimum absolute atomic E-state index is 0. The Morgan fingerprint density at radius 1 is 1.19 bits per heavy atom. The second kappa shape index (κ2) is 5.95. The monoisotopic (exact) mass is 367 g/mol. The van der Waals surface area contributed by atoms with E-state index < -0.39 is 0 Å². The molecule has 5 nitrogen and oxygen atoms in total. The third kappa shape index (κ3) is 2.71. The summed E-state index contributed by atoms with van der Waals surface area (Å²) in [4.78, 5) is 30.8. The lowest BCUT2D eigenvalue weighted by atomic mass is 10.1. The van der Waals surface area contributed by atoms with E-state index in [1.54, 1.807) is 24.3 Å². The predicted molar refractivity (Wildman–Crippen MR) is 87.1 cm³/mol. The molecule has 3 rings (SSSR count). The molecule has 7 heteroatoms. The van der Waals surface area contributed by atoms with Gasteiger partial charge in [0, 0.05) is 17.8 Å². The number of fused-ring (bicyclic) bond motifs is 1. The summed E-state index contributed by atoms with van der Waals surface area (Å²) in [5, 5.41) is 0.514. The first kappa shape index (κ1) is 15.7. The standard InChI is InChI=1S/C14H13N3O2S.BrH/c1-8-11(20-14(15)16-8)6-7-17-12(18)9-4-2-3-5-10(9)13(17)19;/h2-5H,6-7H2,1H3,(H2,15,16);1H. The fourth-order valence-corrected chi connectivity index (χ4v) is 3.16. The Kier molecular flexibility index (Phi) is 4.43. The largest absolute Gasteiger partial charge is 0.375 e. The van der Waals surface area contributed by atoms with Gasteiger partial charge in [0.05, 0.1) is 16.8 Å². The summed E-state index contributed by atoms with van der Waals surface area (Å²) in [7, 11) is 0. The molecule has 0 bridgehead atoms. The molecule has 0 saturated carbocycles. The van der Waals surface area contributed by atoms with Crippen LogP contribution in [-0.2, 0) is 6.42 Å². The first-order valence-electron chi connectivity index (χ1n) is 6.25. The molecule has 1 aromatic heterocycles. The summed E-state index contributed by atoms with van der Waals surface area (Å²) in [6.07, 6.45) is 0.589. The van der Waals surface area contributed by atoms with Crippen molar-refractivity contribution in [2.75, 3.05) is 12.3 Å². The summed E-state index contributed by atoms with van der Waals surface area (Å²) < 4.78 is 0. The molecule has 1 aliphatic heterocycles. The van der Waals surface area contributed by atoms with Crippen LogP contribution in [0.2, 0.25) is 0 Å². The van der Waals surface area contributed by atoms with Gasteiger partial charge in [-0.25, -0.2) is 4.98 Å². The van der Waals surface area contributed by atoms with Crippen LogP contribution in [0.5, 0.6) is 0 Å². The van der Waals surface area contributed by atoms with Gasteiger partial charge in [-0.3, -0.25) is 14.5 Å². The van der Waals surface area contributed by atoms with Gasteiger partial charge in [-0.15, -0.1) is 28.3 Å². The van der Waals surface area contributed by atoms with Crippen LogP contribution in [-0.4, -0.2) is 28.2 Å². The lowest BCUT2D eigenvalue weighted by Crippen LogP contribution is -2.31. The van der Waals surface area contributed by atoms with Crippen molar-refractivity contribution in [2.24, 2.45) is 0 Å². The number of benzene rings is 1. The van der Waals surface area contributed by atoms with Gasteiger partial charge in [-0.1, -0.05) is 12.1 Å². The Balaban J connectivity index is 0.00000161. The van der Waals surface area contributed by atoms with Crippen LogP contribution < -0.4 is 5.73 Å². The van der Waals surface area contributed by atoms with E-state index in [1.165, 1.54) is 16.2 Å². The van der Waals surface area contributed by atoms with Crippen LogP contribution in [0.1, 0.15) is 31.3 Å². The van der Waals surface area contributed by atoms with Crippen LogP contribution in [0.3, 0.4) is 0 Å². The Morgan fingerprint density at radius 3 is 2.24 bits per heavy atom. The molecule has 2 N–H and O–H groups in total. The fourth-order valence-electron chi connectivity index (χ4n) is 2.34. The van der Waals surface area contributed by atoms with Gasteiger partial charge in [0.25, 0.3) is 11.8 Å². The van der Waals surface area contributed by atoms with Gasteiger partial charge in [-0.2, -0.15) is 0 Å². The Hall–Kier alpha value is -1.73. The maximum absolute atomic E-state index is 12.2. The van der Waals surface area contributed by atoms with Gasteiger partial charge in [0.2, 0.25) is 0 Å². The number of imide groups is 1. The summed E-state index contributed by atoms with van der Waals surface area (Å²) in [5.74, 6) is -0.443. The number of amides is 2. The molecule has 2 amide bonds. The average molecular weight is 368 g/mol. The maximum atomic E-state index is 12.2. The minimum atomic E-state index is -0.222. The van der Waals surface area contributed by atoms with E-state index in [0.717, 1.165) is 10.6 Å². The third-order valence-electron chi connectivity index (χ3n) is 3.35. The maximum Gasteiger partial charge on any atom is 0.261 e. The average Bonchev–Trinajstić information content (AvgIpc) is 2.87. The van der Waals surface area contributed by atoms with E-state index in [1.807, 2.05) is 6.92 Å². The van der Waals surface area contributed by atoms with E-state index in [4.69, 9.17) is 5.73 Å². The molecule has 0 saturated heterocycles. The van der Waals surface area contributed by atoms with Crippen molar-refractivity contribution in [2.45, 2.75) is 13.3 Å². The number of hydrogen-bond donors (Lipinski definition) is 1. The number of carbonyl (C=O) groups is 2. The van der Waals surface area contributed by atoms with Crippen molar-refractivity contribution in [3.05, 3.63) is 46.0 Å². The van der Waals surface area contributed by atoms with Crippen molar-refractivity contribution >= 4 is 45.3 Å². The number of hydrogen-bond acceptors (Lipinski definition) is 5. The van der Waals surface area contributed by atoms with Crippen molar-refractivity contribution in [3.8, 4) is 0 Å².